The number of carbonyl (C=O) groups is 1. The van der Waals surface area contributed by atoms with E-state index in [4.69, 9.17) is 0 Å². The highest BCUT2D eigenvalue weighted by Crippen LogP contribution is 2.17. The van der Waals surface area contributed by atoms with Crippen LogP contribution in [0.2, 0.25) is 0 Å². The molecule has 110 valence electrons. The van der Waals surface area contributed by atoms with E-state index < -0.39 is 4.92 Å². The van der Waals surface area contributed by atoms with Crippen molar-refractivity contribution < 1.29 is 14.6 Å². The number of carbonyl (C=O) groups excluding carboxylic acids is 1. The number of hydrogen-bond donors (Lipinski definition) is 2. The maximum Gasteiger partial charge on any atom is 0.275 e. The summed E-state index contributed by atoms with van der Waals surface area (Å²) in [6.07, 6.45) is 0. The van der Waals surface area contributed by atoms with Crippen LogP contribution in [0.4, 0.5) is 5.69 Å². The van der Waals surface area contributed by atoms with E-state index in [1.165, 1.54) is 6.07 Å². The van der Waals surface area contributed by atoms with E-state index in [0.29, 0.717) is 13.1 Å². The van der Waals surface area contributed by atoms with Crippen molar-refractivity contribution in [3.05, 3.63) is 39.9 Å². The second-order valence-electron chi connectivity index (χ2n) is 4.72. The number of nitro benzene ring substituents is 1. The monoisotopic (exact) mass is 280 g/mol. The third kappa shape index (κ3) is 4.31. The molecule has 1 unspecified atom stereocenters. The van der Waals surface area contributed by atoms with E-state index in [1.54, 1.807) is 12.1 Å². The van der Waals surface area contributed by atoms with Crippen LogP contribution in [-0.4, -0.2) is 30.5 Å². The van der Waals surface area contributed by atoms with Gasteiger partial charge in [0.05, 0.1) is 11.5 Å². The van der Waals surface area contributed by atoms with Crippen molar-refractivity contribution in [1.82, 2.24) is 5.32 Å². The zero-order valence-corrected chi connectivity index (χ0v) is 12.2. The first kappa shape index (κ1) is 16.1. The largest absolute Gasteiger partial charge is 0.351 e. The SMILES string of the molecule is CCNC(=O)C[NH+](CC)[C@@H](C)c1cccc([N+](=O)[O-])c1. The lowest BCUT2D eigenvalue weighted by Gasteiger charge is -2.24. The van der Waals surface area contributed by atoms with E-state index in [0.717, 1.165) is 17.0 Å². The maximum absolute atomic E-state index is 11.7. The highest BCUT2D eigenvalue weighted by Gasteiger charge is 2.22. The van der Waals surface area contributed by atoms with E-state index in [2.05, 4.69) is 5.32 Å². The van der Waals surface area contributed by atoms with Crippen LogP contribution in [0.15, 0.2) is 24.3 Å². The summed E-state index contributed by atoms with van der Waals surface area (Å²) in [6, 6.07) is 6.64. The fourth-order valence-corrected chi connectivity index (χ4v) is 2.19. The first-order chi connectivity index (χ1) is 9.49. The van der Waals surface area contributed by atoms with E-state index in [-0.39, 0.29) is 17.6 Å². The van der Waals surface area contributed by atoms with E-state index in [1.807, 2.05) is 26.8 Å². The number of nitrogens with zero attached hydrogens (tertiary/aromatic N) is 1. The lowest BCUT2D eigenvalue weighted by Crippen LogP contribution is -3.12. The van der Waals surface area contributed by atoms with Crippen molar-refractivity contribution in [3.63, 3.8) is 0 Å². The summed E-state index contributed by atoms with van der Waals surface area (Å²) in [5, 5.41) is 13.6. The van der Waals surface area contributed by atoms with Crippen LogP contribution >= 0.6 is 0 Å². The van der Waals surface area contributed by atoms with Gasteiger partial charge in [-0.25, -0.2) is 0 Å². The van der Waals surface area contributed by atoms with Crippen LogP contribution in [0.1, 0.15) is 32.4 Å². The number of non-ortho nitro benzene ring substituents is 1. The molecule has 0 aliphatic heterocycles. The van der Waals surface area contributed by atoms with Crippen molar-refractivity contribution in [3.8, 4) is 0 Å². The Morgan fingerprint density at radius 3 is 2.70 bits per heavy atom. The van der Waals surface area contributed by atoms with Crippen molar-refractivity contribution in [2.24, 2.45) is 0 Å². The highest BCUT2D eigenvalue weighted by atomic mass is 16.6. The zero-order valence-electron chi connectivity index (χ0n) is 12.2. The van der Waals surface area contributed by atoms with Crippen LogP contribution < -0.4 is 10.2 Å². The minimum absolute atomic E-state index is 0.00151. The number of amides is 1. The van der Waals surface area contributed by atoms with Crippen molar-refractivity contribution in [1.29, 1.82) is 0 Å². The molecule has 0 spiro atoms. The Morgan fingerprint density at radius 2 is 2.15 bits per heavy atom. The molecule has 1 amide bonds. The number of likely N-dealkylation sites (N-methyl/N-ethyl adjacent to an activating group) is 2. The number of benzene rings is 1. The number of rotatable bonds is 7. The van der Waals surface area contributed by atoms with Gasteiger partial charge in [0.1, 0.15) is 6.04 Å². The molecule has 1 rings (SSSR count). The highest BCUT2D eigenvalue weighted by molar-refractivity contribution is 5.76. The molecule has 1 aromatic rings. The molecule has 0 saturated heterocycles. The van der Waals surface area contributed by atoms with Crippen LogP contribution in [0.3, 0.4) is 0 Å². The lowest BCUT2D eigenvalue weighted by atomic mass is 10.1. The molecule has 0 heterocycles. The average Bonchev–Trinajstić information content (AvgIpc) is 2.44. The summed E-state index contributed by atoms with van der Waals surface area (Å²) in [5.41, 5.74) is 0.961. The van der Waals surface area contributed by atoms with Gasteiger partial charge in [0.15, 0.2) is 6.54 Å². The standard InChI is InChI=1S/C14H21N3O3/c1-4-15-14(18)10-16(5-2)11(3)12-7-6-8-13(9-12)17(19)20/h6-9,11H,4-5,10H2,1-3H3,(H,15,18)/p+1/t11-/m0/s1. The molecule has 0 fully saturated rings. The van der Waals surface area contributed by atoms with Crippen LogP contribution in [0, 0.1) is 10.1 Å². The third-order valence-electron chi connectivity index (χ3n) is 3.41. The first-order valence-corrected chi connectivity index (χ1v) is 6.85. The molecule has 2 atom stereocenters. The minimum atomic E-state index is -0.397. The molecule has 0 aliphatic rings. The summed E-state index contributed by atoms with van der Waals surface area (Å²) in [4.78, 5) is 23.2. The summed E-state index contributed by atoms with van der Waals surface area (Å²) in [6.45, 7) is 7.63. The topological polar surface area (TPSA) is 76.7 Å². The van der Waals surface area contributed by atoms with Crippen LogP contribution in [-0.2, 0) is 4.79 Å². The molecule has 0 aliphatic carbocycles. The minimum Gasteiger partial charge on any atom is -0.351 e. The summed E-state index contributed by atoms with van der Waals surface area (Å²) >= 11 is 0. The lowest BCUT2D eigenvalue weighted by molar-refractivity contribution is -0.920. The van der Waals surface area contributed by atoms with E-state index >= 15 is 0 Å². The Bertz CT molecular complexity index is 476. The second-order valence-corrected chi connectivity index (χ2v) is 4.72. The predicted molar refractivity (Wildman–Crippen MR) is 76.6 cm³/mol. The van der Waals surface area contributed by atoms with Crippen molar-refractivity contribution in [2.45, 2.75) is 26.8 Å². The van der Waals surface area contributed by atoms with E-state index in [9.17, 15) is 14.9 Å². The Morgan fingerprint density at radius 1 is 1.45 bits per heavy atom. The van der Waals surface area contributed by atoms with Crippen LogP contribution in [0.25, 0.3) is 0 Å². The van der Waals surface area contributed by atoms with Gasteiger partial charge in [-0.15, -0.1) is 0 Å². The number of nitro groups is 1. The van der Waals surface area contributed by atoms with Crippen molar-refractivity contribution >= 4 is 11.6 Å². The summed E-state index contributed by atoms with van der Waals surface area (Å²) in [5.74, 6) is 0.00151. The molecule has 6 heteroatoms. The van der Waals surface area contributed by atoms with Crippen LogP contribution in [0.5, 0.6) is 0 Å². The molecular formula is C14H22N3O3+. The van der Waals surface area contributed by atoms with Gasteiger partial charge in [-0.2, -0.15) is 0 Å². The van der Waals surface area contributed by atoms with Gasteiger partial charge >= 0.3 is 0 Å². The first-order valence-electron chi connectivity index (χ1n) is 6.85. The van der Waals surface area contributed by atoms with Gasteiger partial charge in [0.2, 0.25) is 0 Å². The summed E-state index contributed by atoms with van der Waals surface area (Å²) in [7, 11) is 0. The molecule has 0 bridgehead atoms. The molecule has 2 N–H and O–H groups in total. The molecule has 20 heavy (non-hydrogen) atoms. The maximum atomic E-state index is 11.7. The van der Waals surface area contributed by atoms with Gasteiger partial charge in [0.25, 0.3) is 11.6 Å². The Hall–Kier alpha value is -1.95. The predicted octanol–water partition coefficient (Wildman–Crippen LogP) is 0.697. The third-order valence-corrected chi connectivity index (χ3v) is 3.41. The molecule has 6 nitrogen and oxygen atoms in total. The molecule has 0 saturated carbocycles. The zero-order chi connectivity index (χ0) is 15.1. The number of nitrogens with one attached hydrogen (secondary N) is 2. The normalized spacial score (nSPS) is 13.6. The fourth-order valence-electron chi connectivity index (χ4n) is 2.19. The van der Waals surface area contributed by atoms with Gasteiger partial charge in [-0.3, -0.25) is 14.9 Å². The summed E-state index contributed by atoms with van der Waals surface area (Å²) < 4.78 is 0. The van der Waals surface area contributed by atoms with Crippen molar-refractivity contribution in [2.75, 3.05) is 19.6 Å². The Balaban J connectivity index is 2.85. The quantitative estimate of drug-likeness (QED) is 0.570. The number of quaternary nitrogens is 1. The molecular weight excluding hydrogens is 258 g/mol. The van der Waals surface area contributed by atoms with Gasteiger partial charge < -0.3 is 10.2 Å². The molecule has 1 aromatic carbocycles. The molecule has 0 radical (unpaired) electrons. The average molecular weight is 280 g/mol. The Labute approximate surface area is 118 Å². The van der Waals surface area contributed by atoms with Gasteiger partial charge in [-0.05, 0) is 20.8 Å². The molecule has 0 aromatic heterocycles. The van der Waals surface area contributed by atoms with Gasteiger partial charge in [0, 0.05) is 24.2 Å². The van der Waals surface area contributed by atoms with Gasteiger partial charge in [-0.1, -0.05) is 12.1 Å². The number of hydrogen-bond acceptors (Lipinski definition) is 3. The Kier molecular flexibility index (Phi) is 6.11. The fraction of sp³-hybridized carbons (Fsp3) is 0.500. The smallest absolute Gasteiger partial charge is 0.275 e. The second kappa shape index (κ2) is 7.59.